The summed E-state index contributed by atoms with van der Waals surface area (Å²) in [6.07, 6.45) is 9.07. The van der Waals surface area contributed by atoms with Gasteiger partial charge in [-0.2, -0.15) is 0 Å². The van der Waals surface area contributed by atoms with Crippen molar-refractivity contribution in [3.8, 4) is 0 Å². The van der Waals surface area contributed by atoms with Crippen molar-refractivity contribution >= 4 is 11.3 Å². The van der Waals surface area contributed by atoms with E-state index >= 15 is 0 Å². The molecule has 0 radical (unpaired) electrons. The van der Waals surface area contributed by atoms with Gasteiger partial charge in [0, 0.05) is 36.6 Å². The van der Waals surface area contributed by atoms with Gasteiger partial charge >= 0.3 is 0 Å². The molecule has 2 aromatic rings. The first-order valence-electron chi connectivity index (χ1n) is 5.77. The maximum atomic E-state index is 4.36. The average Bonchev–Trinajstić information content (AvgIpc) is 2.88. The van der Waals surface area contributed by atoms with Crippen molar-refractivity contribution < 1.29 is 0 Å². The predicted molar refractivity (Wildman–Crippen MR) is 68.9 cm³/mol. The fraction of sp³-hybridized carbons (Fsp3) is 0.417. The van der Waals surface area contributed by atoms with E-state index in [1.165, 1.54) is 0 Å². The van der Waals surface area contributed by atoms with Gasteiger partial charge in [-0.1, -0.05) is 6.92 Å². The first-order valence-corrected chi connectivity index (χ1v) is 6.65. The third-order valence-corrected chi connectivity index (χ3v) is 3.25. The van der Waals surface area contributed by atoms with Crippen LogP contribution in [-0.2, 0) is 6.42 Å². The molecule has 2 rings (SSSR count). The third kappa shape index (κ3) is 3.57. The van der Waals surface area contributed by atoms with Crippen LogP contribution in [0.25, 0.3) is 0 Å². The Morgan fingerprint density at radius 2 is 2.24 bits per heavy atom. The van der Waals surface area contributed by atoms with Gasteiger partial charge in [-0.05, 0) is 13.0 Å². The summed E-state index contributed by atoms with van der Waals surface area (Å²) in [5.74, 6) is 0. The summed E-state index contributed by atoms with van der Waals surface area (Å²) in [6, 6.07) is 0.204. The van der Waals surface area contributed by atoms with Crippen LogP contribution in [0.15, 0.2) is 30.2 Å². The molecule has 0 fully saturated rings. The van der Waals surface area contributed by atoms with Crippen molar-refractivity contribution in [3.05, 3.63) is 40.9 Å². The van der Waals surface area contributed by atoms with Crippen molar-refractivity contribution in [2.24, 2.45) is 0 Å². The van der Waals surface area contributed by atoms with E-state index < -0.39 is 0 Å². The topological polar surface area (TPSA) is 50.7 Å². The summed E-state index contributed by atoms with van der Waals surface area (Å²) < 4.78 is 0. The van der Waals surface area contributed by atoms with Crippen molar-refractivity contribution in [2.45, 2.75) is 25.8 Å². The number of thiazole rings is 1. The molecule has 0 aliphatic rings. The van der Waals surface area contributed by atoms with Crippen LogP contribution in [0.5, 0.6) is 0 Å². The molecule has 90 valence electrons. The van der Waals surface area contributed by atoms with E-state index in [1.807, 2.05) is 17.8 Å². The van der Waals surface area contributed by atoms with Crippen LogP contribution in [0.3, 0.4) is 0 Å². The highest BCUT2D eigenvalue weighted by molar-refractivity contribution is 7.09. The van der Waals surface area contributed by atoms with Crippen LogP contribution in [0.2, 0.25) is 0 Å². The average molecular weight is 248 g/mol. The second kappa shape index (κ2) is 6.42. The Balaban J connectivity index is 2.08. The number of hydrogen-bond acceptors (Lipinski definition) is 5. The first kappa shape index (κ1) is 12.1. The van der Waals surface area contributed by atoms with E-state index in [0.29, 0.717) is 0 Å². The Kier molecular flexibility index (Phi) is 4.58. The van der Waals surface area contributed by atoms with Crippen molar-refractivity contribution in [3.63, 3.8) is 0 Å². The summed E-state index contributed by atoms with van der Waals surface area (Å²) in [4.78, 5) is 12.8. The molecule has 0 bridgehead atoms. The maximum absolute atomic E-state index is 4.36. The van der Waals surface area contributed by atoms with Gasteiger partial charge < -0.3 is 5.32 Å². The minimum Gasteiger partial charge on any atom is -0.308 e. The monoisotopic (exact) mass is 248 g/mol. The largest absolute Gasteiger partial charge is 0.308 e. The summed E-state index contributed by atoms with van der Waals surface area (Å²) in [5, 5.41) is 6.62. The molecule has 0 aromatic carbocycles. The molecule has 17 heavy (non-hydrogen) atoms. The van der Waals surface area contributed by atoms with Crippen molar-refractivity contribution in [1.82, 2.24) is 20.3 Å². The first-order chi connectivity index (χ1) is 8.40. The Labute approximate surface area is 105 Å². The minimum atomic E-state index is 0.204. The highest BCUT2D eigenvalue weighted by atomic mass is 32.1. The Hall–Kier alpha value is -1.33. The molecular weight excluding hydrogens is 232 g/mol. The normalized spacial score (nSPS) is 12.5. The highest BCUT2D eigenvalue weighted by Crippen LogP contribution is 2.17. The van der Waals surface area contributed by atoms with Gasteiger partial charge in [-0.25, -0.2) is 4.98 Å². The Morgan fingerprint density at radius 1 is 1.29 bits per heavy atom. The molecular formula is C12H16N4S. The SMILES string of the molecule is CCCNC(Cc1nccs1)c1cnccn1. The van der Waals surface area contributed by atoms with E-state index in [2.05, 4.69) is 27.2 Å². The second-order valence-corrected chi connectivity index (χ2v) is 4.75. The summed E-state index contributed by atoms with van der Waals surface area (Å²) >= 11 is 1.68. The Bertz CT molecular complexity index is 415. The van der Waals surface area contributed by atoms with Gasteiger partial charge in [-0.15, -0.1) is 11.3 Å². The molecule has 0 saturated heterocycles. The van der Waals surface area contributed by atoms with E-state index in [4.69, 9.17) is 0 Å². The van der Waals surface area contributed by atoms with Gasteiger partial charge in [0.2, 0.25) is 0 Å². The zero-order valence-corrected chi connectivity index (χ0v) is 10.7. The van der Waals surface area contributed by atoms with Crippen molar-refractivity contribution in [1.29, 1.82) is 0 Å². The Morgan fingerprint density at radius 3 is 2.88 bits per heavy atom. The van der Waals surface area contributed by atoms with Gasteiger partial charge in [0.25, 0.3) is 0 Å². The van der Waals surface area contributed by atoms with Crippen LogP contribution in [0.1, 0.15) is 30.1 Å². The highest BCUT2D eigenvalue weighted by Gasteiger charge is 2.14. The molecule has 1 unspecified atom stereocenters. The third-order valence-electron chi connectivity index (χ3n) is 2.44. The molecule has 0 saturated carbocycles. The lowest BCUT2D eigenvalue weighted by molar-refractivity contribution is 0.515. The fourth-order valence-corrected chi connectivity index (χ4v) is 2.28. The lowest BCUT2D eigenvalue weighted by atomic mass is 10.1. The maximum Gasteiger partial charge on any atom is 0.0944 e. The van der Waals surface area contributed by atoms with Crippen LogP contribution in [0.4, 0.5) is 0 Å². The summed E-state index contributed by atoms with van der Waals surface area (Å²) in [7, 11) is 0. The number of nitrogens with zero attached hydrogens (tertiary/aromatic N) is 3. The molecule has 1 N–H and O–H groups in total. The van der Waals surface area contributed by atoms with Crippen LogP contribution >= 0.6 is 11.3 Å². The van der Waals surface area contributed by atoms with Gasteiger partial charge in [0.05, 0.1) is 16.7 Å². The molecule has 0 spiro atoms. The van der Waals surface area contributed by atoms with Gasteiger partial charge in [0.15, 0.2) is 0 Å². The second-order valence-electron chi connectivity index (χ2n) is 3.77. The van der Waals surface area contributed by atoms with Gasteiger partial charge in [0.1, 0.15) is 0 Å². The van der Waals surface area contributed by atoms with Crippen molar-refractivity contribution in [2.75, 3.05) is 6.54 Å². The number of aromatic nitrogens is 3. The van der Waals surface area contributed by atoms with Crippen LogP contribution < -0.4 is 5.32 Å². The molecule has 5 heteroatoms. The smallest absolute Gasteiger partial charge is 0.0944 e. The van der Waals surface area contributed by atoms with E-state index in [1.54, 1.807) is 23.7 Å². The molecule has 4 nitrogen and oxygen atoms in total. The molecule has 1 atom stereocenters. The zero-order valence-electron chi connectivity index (χ0n) is 9.84. The lowest BCUT2D eigenvalue weighted by Crippen LogP contribution is -2.25. The number of hydrogen-bond donors (Lipinski definition) is 1. The minimum absolute atomic E-state index is 0.204. The van der Waals surface area contributed by atoms with E-state index in [-0.39, 0.29) is 6.04 Å². The van der Waals surface area contributed by atoms with Crippen LogP contribution in [-0.4, -0.2) is 21.5 Å². The molecule has 0 aliphatic carbocycles. The van der Waals surface area contributed by atoms with Crippen LogP contribution in [0, 0.1) is 0 Å². The fourth-order valence-electron chi connectivity index (χ4n) is 1.62. The summed E-state index contributed by atoms with van der Waals surface area (Å²) in [5.41, 5.74) is 0.983. The summed E-state index contributed by atoms with van der Waals surface area (Å²) in [6.45, 7) is 3.14. The standard InChI is InChI=1S/C12H16N4S/c1-2-3-14-10(8-12-16-6-7-17-12)11-9-13-4-5-15-11/h4-7,9-10,14H,2-3,8H2,1H3. The zero-order chi connectivity index (χ0) is 11.9. The number of nitrogens with one attached hydrogen (secondary N) is 1. The van der Waals surface area contributed by atoms with Gasteiger partial charge in [-0.3, -0.25) is 9.97 Å². The van der Waals surface area contributed by atoms with E-state index in [0.717, 1.165) is 30.1 Å². The predicted octanol–water partition coefficient (Wildman–Crippen LogP) is 2.22. The lowest BCUT2D eigenvalue weighted by Gasteiger charge is -2.16. The van der Waals surface area contributed by atoms with E-state index in [9.17, 15) is 0 Å². The molecule has 0 amide bonds. The number of rotatable bonds is 6. The quantitative estimate of drug-likeness (QED) is 0.851. The molecule has 2 aromatic heterocycles. The molecule has 0 aliphatic heterocycles. The molecule has 2 heterocycles.